The highest BCUT2D eigenvalue weighted by Gasteiger charge is 2.56. The number of allylic oxidation sites excluding steroid dienone is 2. The summed E-state index contributed by atoms with van der Waals surface area (Å²) in [5.74, 6) is 5.77. The van der Waals surface area contributed by atoms with Crippen LogP contribution >= 0.6 is 0 Å². The summed E-state index contributed by atoms with van der Waals surface area (Å²) in [5.41, 5.74) is 1.68. The summed E-state index contributed by atoms with van der Waals surface area (Å²) in [6.45, 7) is 0. The van der Waals surface area contributed by atoms with Crippen LogP contribution in [0.1, 0.15) is 57.8 Å². The first-order chi connectivity index (χ1) is 10.4. The number of hydrogen-bond donors (Lipinski definition) is 0. The molecule has 0 bridgehead atoms. The van der Waals surface area contributed by atoms with Crippen LogP contribution in [0.5, 0.6) is 0 Å². The Hall–Kier alpha value is -0.720. The molecule has 1 heterocycles. The van der Waals surface area contributed by atoms with Crippen molar-refractivity contribution in [3.8, 4) is 0 Å². The minimum Gasteiger partial charge on any atom is -0.493 e. The van der Waals surface area contributed by atoms with Gasteiger partial charge in [-0.2, -0.15) is 0 Å². The van der Waals surface area contributed by atoms with Gasteiger partial charge in [0.25, 0.3) is 0 Å². The van der Waals surface area contributed by atoms with E-state index in [1.807, 2.05) is 6.26 Å². The number of hydrogen-bond acceptors (Lipinski definition) is 1. The zero-order valence-corrected chi connectivity index (χ0v) is 13.0. The molecule has 5 aliphatic rings. The fourth-order valence-electron chi connectivity index (χ4n) is 6.99. The zero-order chi connectivity index (χ0) is 13.8. The Morgan fingerprint density at radius 1 is 0.857 bits per heavy atom. The molecule has 0 radical (unpaired) electrons. The quantitative estimate of drug-likeness (QED) is 0.602. The molecule has 5 rings (SSSR count). The third-order valence-electron chi connectivity index (χ3n) is 7.58. The second kappa shape index (κ2) is 4.89. The molecule has 4 fully saturated rings. The van der Waals surface area contributed by atoms with E-state index in [9.17, 15) is 0 Å². The Labute approximate surface area is 128 Å². The highest BCUT2D eigenvalue weighted by atomic mass is 16.5. The number of fused-ring (bicyclic) bond motifs is 8. The third kappa shape index (κ3) is 1.82. The lowest BCUT2D eigenvalue weighted by Gasteiger charge is -2.50. The summed E-state index contributed by atoms with van der Waals surface area (Å²) < 4.78 is 6.20. The molecule has 1 heteroatoms. The standard InChI is InChI=1S/C20H28O/c1-2-7-14-13(6-1)12-18-19(14)16-9-4-3-8-15(16)17-10-5-11-21-20(17)18/h5,10-11,13-16,18-20H,1-4,6-9,12H2. The van der Waals surface area contributed by atoms with Crippen molar-refractivity contribution in [2.75, 3.05) is 0 Å². The van der Waals surface area contributed by atoms with Gasteiger partial charge in [0, 0.05) is 5.92 Å². The Kier molecular flexibility index (Phi) is 2.98. The molecule has 0 spiro atoms. The SMILES string of the molecule is C1=COC2C(=C1)C1CCCCC1C1C3CCCCC3CC21. The van der Waals surface area contributed by atoms with E-state index >= 15 is 0 Å². The van der Waals surface area contributed by atoms with Crippen LogP contribution in [0.2, 0.25) is 0 Å². The van der Waals surface area contributed by atoms with Gasteiger partial charge >= 0.3 is 0 Å². The molecule has 114 valence electrons. The van der Waals surface area contributed by atoms with Crippen molar-refractivity contribution in [3.63, 3.8) is 0 Å². The van der Waals surface area contributed by atoms with Gasteiger partial charge in [0.1, 0.15) is 6.10 Å². The van der Waals surface area contributed by atoms with Crippen LogP contribution in [0, 0.1) is 35.5 Å². The fourth-order valence-corrected chi connectivity index (χ4v) is 6.99. The first-order valence-electron chi connectivity index (χ1n) is 9.45. The molecule has 1 nitrogen and oxygen atoms in total. The fraction of sp³-hybridized carbons (Fsp3) is 0.800. The van der Waals surface area contributed by atoms with E-state index < -0.39 is 0 Å². The number of rotatable bonds is 0. The maximum atomic E-state index is 6.20. The van der Waals surface area contributed by atoms with Crippen LogP contribution in [-0.2, 0) is 4.74 Å². The Balaban J connectivity index is 1.55. The van der Waals surface area contributed by atoms with E-state index in [1.54, 1.807) is 5.57 Å². The maximum absolute atomic E-state index is 6.20. The summed E-state index contributed by atoms with van der Waals surface area (Å²) in [4.78, 5) is 0. The molecule has 4 saturated carbocycles. The first kappa shape index (κ1) is 12.8. The van der Waals surface area contributed by atoms with E-state index in [0.29, 0.717) is 6.10 Å². The van der Waals surface area contributed by atoms with Crippen LogP contribution < -0.4 is 0 Å². The summed E-state index contributed by atoms with van der Waals surface area (Å²) in [5, 5.41) is 0. The molecule has 7 unspecified atom stereocenters. The Bertz CT molecular complexity index is 474. The molecule has 0 aromatic carbocycles. The lowest BCUT2D eigenvalue weighted by molar-refractivity contribution is -0.0122. The Morgan fingerprint density at radius 2 is 1.67 bits per heavy atom. The van der Waals surface area contributed by atoms with E-state index in [4.69, 9.17) is 4.74 Å². The smallest absolute Gasteiger partial charge is 0.123 e. The highest BCUT2D eigenvalue weighted by molar-refractivity contribution is 5.29. The van der Waals surface area contributed by atoms with Gasteiger partial charge in [0.2, 0.25) is 0 Å². The average Bonchev–Trinajstić information content (AvgIpc) is 2.95. The van der Waals surface area contributed by atoms with Crippen molar-refractivity contribution in [3.05, 3.63) is 24.0 Å². The minimum absolute atomic E-state index is 0.449. The van der Waals surface area contributed by atoms with E-state index in [0.717, 1.165) is 35.5 Å². The molecule has 0 N–H and O–H groups in total. The van der Waals surface area contributed by atoms with Gasteiger partial charge in [-0.15, -0.1) is 0 Å². The topological polar surface area (TPSA) is 9.23 Å². The van der Waals surface area contributed by atoms with Crippen molar-refractivity contribution < 1.29 is 4.74 Å². The molecule has 0 aromatic heterocycles. The molecular formula is C20H28O. The second-order valence-electron chi connectivity index (χ2n) is 8.29. The zero-order valence-electron chi connectivity index (χ0n) is 13.0. The normalized spacial score (nSPS) is 51.0. The summed E-state index contributed by atoms with van der Waals surface area (Å²) in [7, 11) is 0. The largest absolute Gasteiger partial charge is 0.493 e. The van der Waals surface area contributed by atoms with Crippen molar-refractivity contribution in [1.29, 1.82) is 0 Å². The van der Waals surface area contributed by atoms with Gasteiger partial charge in [0.05, 0.1) is 6.26 Å². The van der Waals surface area contributed by atoms with Crippen LogP contribution in [0.15, 0.2) is 24.0 Å². The highest BCUT2D eigenvalue weighted by Crippen LogP contribution is 2.61. The molecular weight excluding hydrogens is 256 g/mol. The van der Waals surface area contributed by atoms with Crippen LogP contribution in [0.4, 0.5) is 0 Å². The predicted octanol–water partition coefficient (Wildman–Crippen LogP) is 5.09. The predicted molar refractivity (Wildman–Crippen MR) is 84.6 cm³/mol. The van der Waals surface area contributed by atoms with Crippen LogP contribution in [0.25, 0.3) is 0 Å². The monoisotopic (exact) mass is 284 g/mol. The summed E-state index contributed by atoms with van der Waals surface area (Å²) in [6.07, 6.45) is 20.3. The van der Waals surface area contributed by atoms with Crippen molar-refractivity contribution in [1.82, 2.24) is 0 Å². The molecule has 0 saturated heterocycles. The van der Waals surface area contributed by atoms with Crippen molar-refractivity contribution >= 4 is 0 Å². The molecule has 0 amide bonds. The minimum atomic E-state index is 0.449. The van der Waals surface area contributed by atoms with E-state index in [-0.39, 0.29) is 0 Å². The lowest BCUT2D eigenvalue weighted by atomic mass is 9.57. The van der Waals surface area contributed by atoms with Gasteiger partial charge in [-0.25, -0.2) is 0 Å². The van der Waals surface area contributed by atoms with Gasteiger partial charge in [-0.1, -0.05) is 38.2 Å². The van der Waals surface area contributed by atoms with Gasteiger partial charge in [-0.05, 0) is 66.9 Å². The van der Waals surface area contributed by atoms with Crippen molar-refractivity contribution in [2.24, 2.45) is 35.5 Å². The number of ether oxygens (including phenoxy) is 1. The maximum Gasteiger partial charge on any atom is 0.123 e. The molecule has 1 aliphatic heterocycles. The molecule has 0 aromatic rings. The Morgan fingerprint density at radius 3 is 2.62 bits per heavy atom. The molecule has 4 aliphatic carbocycles. The van der Waals surface area contributed by atoms with Crippen molar-refractivity contribution in [2.45, 2.75) is 63.9 Å². The third-order valence-corrected chi connectivity index (χ3v) is 7.58. The summed E-state index contributed by atoms with van der Waals surface area (Å²) >= 11 is 0. The van der Waals surface area contributed by atoms with Gasteiger partial charge in [0.15, 0.2) is 0 Å². The van der Waals surface area contributed by atoms with Crippen LogP contribution in [-0.4, -0.2) is 6.10 Å². The molecule has 7 atom stereocenters. The lowest BCUT2D eigenvalue weighted by Crippen LogP contribution is -2.47. The van der Waals surface area contributed by atoms with Gasteiger partial charge in [-0.3, -0.25) is 0 Å². The summed E-state index contributed by atoms with van der Waals surface area (Å²) in [6, 6.07) is 0. The van der Waals surface area contributed by atoms with E-state index in [2.05, 4.69) is 12.2 Å². The van der Waals surface area contributed by atoms with Gasteiger partial charge < -0.3 is 4.74 Å². The first-order valence-corrected chi connectivity index (χ1v) is 9.45. The van der Waals surface area contributed by atoms with Crippen LogP contribution in [0.3, 0.4) is 0 Å². The van der Waals surface area contributed by atoms with E-state index in [1.165, 1.54) is 57.8 Å². The molecule has 21 heavy (non-hydrogen) atoms. The average molecular weight is 284 g/mol. The second-order valence-corrected chi connectivity index (χ2v) is 8.29.